The van der Waals surface area contributed by atoms with E-state index in [0.29, 0.717) is 26.1 Å². The van der Waals surface area contributed by atoms with Gasteiger partial charge in [-0.05, 0) is 62.8 Å². The van der Waals surface area contributed by atoms with E-state index in [9.17, 15) is 9.59 Å². The predicted molar refractivity (Wildman–Crippen MR) is 154 cm³/mol. The summed E-state index contributed by atoms with van der Waals surface area (Å²) in [5, 5.41) is 4.04. The van der Waals surface area contributed by atoms with E-state index >= 15 is 0 Å². The van der Waals surface area contributed by atoms with Gasteiger partial charge in [-0.2, -0.15) is 0 Å². The summed E-state index contributed by atoms with van der Waals surface area (Å²) in [6.45, 7) is 5.61. The summed E-state index contributed by atoms with van der Waals surface area (Å²) in [6, 6.07) is 9.82. The molecule has 40 heavy (non-hydrogen) atoms. The number of pyridine rings is 1. The molecule has 3 aliphatic heterocycles. The highest BCUT2D eigenvalue weighted by molar-refractivity contribution is 5.89. The Labute approximate surface area is 234 Å². The van der Waals surface area contributed by atoms with Crippen LogP contribution in [0.4, 0.5) is 16.3 Å². The molecule has 1 aromatic carbocycles. The number of rotatable bonds is 8. The molecule has 0 bridgehead atoms. The molecule has 3 saturated heterocycles. The van der Waals surface area contributed by atoms with Crippen molar-refractivity contribution in [3.05, 3.63) is 48.5 Å². The van der Waals surface area contributed by atoms with Gasteiger partial charge >= 0.3 is 6.03 Å². The molecule has 0 unspecified atom stereocenters. The second-order valence-corrected chi connectivity index (χ2v) is 10.9. The first kappa shape index (κ1) is 26.3. The van der Waals surface area contributed by atoms with Crippen molar-refractivity contribution < 1.29 is 14.3 Å². The van der Waals surface area contributed by atoms with Crippen molar-refractivity contribution in [3.63, 3.8) is 0 Å². The SMILES string of the molecule is O=C1CCCN1CCCOc1ccc2c(C3CCN(C(=O)Nc4ccc(N5CCCC5)nc4)CC3)ncnc2c1. The van der Waals surface area contributed by atoms with E-state index in [1.807, 2.05) is 40.1 Å². The number of urea groups is 1. The largest absolute Gasteiger partial charge is 0.493 e. The molecule has 6 rings (SSSR count). The maximum absolute atomic E-state index is 12.9. The van der Waals surface area contributed by atoms with Crippen LogP contribution in [0.25, 0.3) is 10.9 Å². The van der Waals surface area contributed by atoms with Crippen molar-refractivity contribution >= 4 is 34.3 Å². The number of carbonyl (C=O) groups is 2. The molecule has 0 aliphatic carbocycles. The molecule has 3 aliphatic rings. The molecule has 10 heteroatoms. The zero-order valence-corrected chi connectivity index (χ0v) is 22.9. The lowest BCUT2D eigenvalue weighted by molar-refractivity contribution is -0.127. The van der Waals surface area contributed by atoms with Gasteiger partial charge in [-0.15, -0.1) is 0 Å². The van der Waals surface area contributed by atoms with Gasteiger partial charge in [0.05, 0.1) is 29.7 Å². The summed E-state index contributed by atoms with van der Waals surface area (Å²) >= 11 is 0. The van der Waals surface area contributed by atoms with Crippen LogP contribution >= 0.6 is 0 Å². The number of fused-ring (bicyclic) bond motifs is 1. The molecule has 3 fully saturated rings. The van der Waals surface area contributed by atoms with Crippen LogP contribution in [0.3, 0.4) is 0 Å². The molecule has 3 amide bonds. The highest BCUT2D eigenvalue weighted by atomic mass is 16.5. The second kappa shape index (κ2) is 12.1. The number of likely N-dealkylation sites (tertiary alicyclic amines) is 2. The normalized spacial score (nSPS) is 18.1. The molecule has 10 nitrogen and oxygen atoms in total. The summed E-state index contributed by atoms with van der Waals surface area (Å²) in [4.78, 5) is 44.4. The smallest absolute Gasteiger partial charge is 0.321 e. The fourth-order valence-electron chi connectivity index (χ4n) is 6.01. The standard InChI is InChI=1S/C30H37N7O3/c38-28-5-3-14-36(28)15-4-18-40-24-7-8-25-26(19-24)32-21-33-29(25)22-10-16-37(17-11-22)30(39)34-23-6-9-27(31-20-23)35-12-1-2-13-35/h6-9,19-22H,1-5,10-18H2,(H,34,39). The Kier molecular flexibility index (Phi) is 7.92. The average Bonchev–Trinajstić information content (AvgIpc) is 3.68. The Morgan fingerprint density at radius 2 is 1.82 bits per heavy atom. The first-order valence-electron chi connectivity index (χ1n) is 14.6. The van der Waals surface area contributed by atoms with Crippen LogP contribution in [0.1, 0.15) is 56.6 Å². The fourth-order valence-corrected chi connectivity index (χ4v) is 6.01. The van der Waals surface area contributed by atoms with Crippen molar-refractivity contribution in [1.29, 1.82) is 0 Å². The second-order valence-electron chi connectivity index (χ2n) is 10.9. The number of hydrogen-bond donors (Lipinski definition) is 1. The van der Waals surface area contributed by atoms with Crippen LogP contribution in [0.2, 0.25) is 0 Å². The number of amides is 3. The van der Waals surface area contributed by atoms with Gasteiger partial charge in [0.1, 0.15) is 17.9 Å². The fraction of sp³-hybridized carbons (Fsp3) is 0.500. The highest BCUT2D eigenvalue weighted by Crippen LogP contribution is 2.32. The Morgan fingerprint density at radius 3 is 2.58 bits per heavy atom. The third-order valence-corrected chi connectivity index (χ3v) is 8.25. The number of nitrogens with zero attached hydrogens (tertiary/aromatic N) is 6. The summed E-state index contributed by atoms with van der Waals surface area (Å²) in [6.07, 6.45) is 9.93. The van der Waals surface area contributed by atoms with Crippen LogP contribution in [-0.4, -0.2) is 82.6 Å². The molecule has 210 valence electrons. The third kappa shape index (κ3) is 5.95. The highest BCUT2D eigenvalue weighted by Gasteiger charge is 2.26. The summed E-state index contributed by atoms with van der Waals surface area (Å²) in [5.74, 6) is 2.27. The van der Waals surface area contributed by atoms with Gasteiger partial charge in [-0.25, -0.2) is 19.7 Å². The van der Waals surface area contributed by atoms with Crippen molar-refractivity contribution in [2.24, 2.45) is 0 Å². The number of piperidine rings is 1. The van der Waals surface area contributed by atoms with Crippen molar-refractivity contribution in [1.82, 2.24) is 24.8 Å². The van der Waals surface area contributed by atoms with E-state index in [0.717, 1.165) is 85.7 Å². The van der Waals surface area contributed by atoms with Gasteiger partial charge in [0.2, 0.25) is 5.91 Å². The molecular formula is C30H37N7O3. The van der Waals surface area contributed by atoms with Crippen molar-refractivity contribution in [3.8, 4) is 5.75 Å². The van der Waals surface area contributed by atoms with E-state index in [1.54, 1.807) is 12.5 Å². The molecule has 3 aromatic rings. The number of aromatic nitrogens is 3. The predicted octanol–water partition coefficient (Wildman–Crippen LogP) is 4.43. The number of benzene rings is 1. The minimum absolute atomic E-state index is 0.0856. The first-order chi connectivity index (χ1) is 19.6. The summed E-state index contributed by atoms with van der Waals surface area (Å²) < 4.78 is 5.96. The third-order valence-electron chi connectivity index (χ3n) is 8.25. The molecule has 0 saturated carbocycles. The van der Waals surface area contributed by atoms with Crippen molar-refractivity contribution in [2.45, 2.75) is 50.9 Å². The van der Waals surface area contributed by atoms with Crippen LogP contribution in [0.15, 0.2) is 42.9 Å². The van der Waals surface area contributed by atoms with Crippen LogP contribution in [0.5, 0.6) is 5.75 Å². The first-order valence-corrected chi connectivity index (χ1v) is 14.6. The molecular weight excluding hydrogens is 506 g/mol. The van der Waals surface area contributed by atoms with Crippen LogP contribution < -0.4 is 15.0 Å². The van der Waals surface area contributed by atoms with Crippen molar-refractivity contribution in [2.75, 3.05) is 56.1 Å². The molecule has 0 spiro atoms. The van der Waals surface area contributed by atoms with Gasteiger partial charge in [-0.3, -0.25) is 4.79 Å². The number of anilines is 2. The van der Waals surface area contributed by atoms with E-state index in [1.165, 1.54) is 12.8 Å². The van der Waals surface area contributed by atoms with E-state index in [-0.39, 0.29) is 17.9 Å². The van der Waals surface area contributed by atoms with Gasteiger partial charge in [0.15, 0.2) is 0 Å². The Balaban J connectivity index is 1.01. The van der Waals surface area contributed by atoms with E-state index in [2.05, 4.69) is 25.2 Å². The number of ether oxygens (including phenoxy) is 1. The monoisotopic (exact) mass is 543 g/mol. The molecule has 5 heterocycles. The van der Waals surface area contributed by atoms with Crippen LogP contribution in [-0.2, 0) is 4.79 Å². The Bertz CT molecular complexity index is 1330. The maximum atomic E-state index is 12.9. The van der Waals surface area contributed by atoms with Gasteiger partial charge in [0.25, 0.3) is 0 Å². The lowest BCUT2D eigenvalue weighted by atomic mass is 9.91. The van der Waals surface area contributed by atoms with Gasteiger partial charge < -0.3 is 24.8 Å². The van der Waals surface area contributed by atoms with E-state index in [4.69, 9.17) is 4.74 Å². The van der Waals surface area contributed by atoms with Crippen LogP contribution in [0, 0.1) is 0 Å². The minimum atomic E-state index is -0.0856. The zero-order valence-electron chi connectivity index (χ0n) is 22.9. The van der Waals surface area contributed by atoms with Gasteiger partial charge in [0, 0.05) is 63.1 Å². The zero-order chi connectivity index (χ0) is 27.3. The summed E-state index contributed by atoms with van der Waals surface area (Å²) in [5.41, 5.74) is 2.62. The summed E-state index contributed by atoms with van der Waals surface area (Å²) in [7, 11) is 0. The maximum Gasteiger partial charge on any atom is 0.321 e. The quantitative estimate of drug-likeness (QED) is 0.419. The number of nitrogens with one attached hydrogen (secondary N) is 1. The molecule has 0 radical (unpaired) electrons. The Morgan fingerprint density at radius 1 is 0.975 bits per heavy atom. The molecule has 2 aromatic heterocycles. The topological polar surface area (TPSA) is 104 Å². The van der Waals surface area contributed by atoms with E-state index < -0.39 is 0 Å². The Hall–Kier alpha value is -3.95. The number of carbonyl (C=O) groups excluding carboxylic acids is 2. The lowest BCUT2D eigenvalue weighted by Gasteiger charge is -2.32. The minimum Gasteiger partial charge on any atom is -0.493 e. The molecule has 1 N–H and O–H groups in total. The van der Waals surface area contributed by atoms with Gasteiger partial charge in [-0.1, -0.05) is 0 Å². The number of hydrogen-bond acceptors (Lipinski definition) is 7. The lowest BCUT2D eigenvalue weighted by Crippen LogP contribution is -2.40. The average molecular weight is 544 g/mol. The molecule has 0 atom stereocenters.